The molecule has 0 unspecified atom stereocenters. The van der Waals surface area contributed by atoms with Gasteiger partial charge in [-0.25, -0.2) is 9.59 Å². The zero-order valence-corrected chi connectivity index (χ0v) is 19.9. The topological polar surface area (TPSA) is 130 Å². The Morgan fingerprint density at radius 1 is 0.781 bits per heavy atom. The van der Waals surface area contributed by atoms with E-state index >= 15 is 0 Å². The van der Waals surface area contributed by atoms with Crippen molar-refractivity contribution >= 4 is 18.9 Å². The first-order valence-electron chi connectivity index (χ1n) is 9.82. The SMILES string of the molecule is CCCOC(=O)c1cc(O)c2c(c1)O[B-]1(Oc3cc(C(=O)OCCC)cc(O)c3O1)O2.[Na+]. The number of phenols is 2. The molecule has 0 saturated heterocycles. The summed E-state index contributed by atoms with van der Waals surface area (Å²) in [6, 6.07) is 5.01. The maximum Gasteiger partial charge on any atom is 1.00 e. The average Bonchev–Trinajstić information content (AvgIpc) is 3.29. The maximum atomic E-state index is 12.1. The molecular formula is C20H20BNaO10. The van der Waals surface area contributed by atoms with Gasteiger partial charge in [-0.15, -0.1) is 0 Å². The van der Waals surface area contributed by atoms with E-state index < -0.39 is 18.9 Å². The normalized spacial score (nSPS) is 14.1. The molecule has 0 fully saturated rings. The Bertz CT molecular complexity index is 974. The number of phenolic OH excluding ortho intramolecular Hbond substituents is 2. The van der Waals surface area contributed by atoms with Gasteiger partial charge in [0.05, 0.1) is 24.3 Å². The summed E-state index contributed by atoms with van der Waals surface area (Å²) >= 11 is 0. The third kappa shape index (κ3) is 4.41. The molecule has 10 nitrogen and oxygen atoms in total. The number of aromatic hydroxyl groups is 2. The second kappa shape index (κ2) is 9.39. The fourth-order valence-electron chi connectivity index (χ4n) is 3.12. The van der Waals surface area contributed by atoms with Crippen molar-refractivity contribution in [3.8, 4) is 34.5 Å². The largest absolute Gasteiger partial charge is 1.00 e. The molecule has 2 heterocycles. The first-order valence-corrected chi connectivity index (χ1v) is 9.82. The Morgan fingerprint density at radius 3 is 1.56 bits per heavy atom. The van der Waals surface area contributed by atoms with Crippen LogP contribution in [0.5, 0.6) is 34.5 Å². The number of hydrogen-bond acceptors (Lipinski definition) is 10. The van der Waals surface area contributed by atoms with Crippen LogP contribution in [0.1, 0.15) is 47.4 Å². The maximum absolute atomic E-state index is 12.1. The van der Waals surface area contributed by atoms with E-state index in [-0.39, 0.29) is 88.4 Å². The monoisotopic (exact) mass is 454 g/mol. The molecule has 2 aromatic rings. The van der Waals surface area contributed by atoms with Crippen LogP contribution in [0.4, 0.5) is 0 Å². The predicted molar refractivity (Wildman–Crippen MR) is 106 cm³/mol. The Labute approximate surface area is 205 Å². The number of ether oxygens (including phenoxy) is 2. The molecule has 0 atom stereocenters. The van der Waals surface area contributed by atoms with Gasteiger partial charge in [-0.1, -0.05) is 13.8 Å². The van der Waals surface area contributed by atoms with E-state index in [1.165, 1.54) is 24.3 Å². The quantitative estimate of drug-likeness (QED) is 0.452. The molecule has 2 aliphatic rings. The van der Waals surface area contributed by atoms with Gasteiger partial charge in [0.25, 0.3) is 0 Å². The predicted octanol–water partition coefficient (Wildman–Crippen LogP) is -0.0864. The van der Waals surface area contributed by atoms with Gasteiger partial charge in [-0.05, 0) is 37.1 Å². The molecule has 0 bridgehead atoms. The Hall–Kier alpha value is -2.76. The van der Waals surface area contributed by atoms with Gasteiger partial charge in [-0.3, -0.25) is 0 Å². The molecular weight excluding hydrogens is 434 g/mol. The van der Waals surface area contributed by atoms with E-state index in [2.05, 4.69) is 0 Å². The van der Waals surface area contributed by atoms with Gasteiger partial charge in [0.1, 0.15) is 11.5 Å². The average molecular weight is 454 g/mol. The van der Waals surface area contributed by atoms with Crippen molar-refractivity contribution in [1.82, 2.24) is 0 Å². The van der Waals surface area contributed by atoms with Gasteiger partial charge < -0.3 is 38.3 Å². The Morgan fingerprint density at radius 2 is 1.19 bits per heavy atom. The van der Waals surface area contributed by atoms with Crippen LogP contribution in [0.2, 0.25) is 0 Å². The molecule has 0 amide bonds. The summed E-state index contributed by atoms with van der Waals surface area (Å²) in [4.78, 5) is 24.2. The van der Waals surface area contributed by atoms with Crippen LogP contribution >= 0.6 is 0 Å². The number of carbonyl (C=O) groups is 2. The first kappa shape index (κ1) is 23.9. The fourth-order valence-corrected chi connectivity index (χ4v) is 3.12. The van der Waals surface area contributed by atoms with Crippen LogP contribution in [0.25, 0.3) is 0 Å². The van der Waals surface area contributed by atoms with Gasteiger partial charge in [-0.2, -0.15) is 0 Å². The van der Waals surface area contributed by atoms with Crippen molar-refractivity contribution in [3.05, 3.63) is 35.4 Å². The van der Waals surface area contributed by atoms with E-state index in [1.54, 1.807) is 0 Å². The van der Waals surface area contributed by atoms with Gasteiger partial charge >= 0.3 is 48.5 Å². The molecule has 0 saturated carbocycles. The molecule has 2 aliphatic heterocycles. The Kier molecular flexibility index (Phi) is 7.01. The standard InChI is InChI=1S/C20H20BO10.Na/c1-3-5-26-19(24)11-7-13(22)17-15(9-11)28-21(30-17)29-16-10-12(20(25)27-6-4-2)8-14(23)18(16)31-21;/h7-10,22-23H,3-6H2,1-2H3;/q-1;+1. The van der Waals surface area contributed by atoms with Crippen molar-refractivity contribution in [2.45, 2.75) is 26.7 Å². The molecule has 32 heavy (non-hydrogen) atoms. The number of hydrogen-bond donors (Lipinski definition) is 2. The van der Waals surface area contributed by atoms with Crippen molar-refractivity contribution in [1.29, 1.82) is 0 Å². The van der Waals surface area contributed by atoms with Crippen molar-refractivity contribution in [3.63, 3.8) is 0 Å². The number of esters is 2. The van der Waals surface area contributed by atoms with Crippen molar-refractivity contribution in [2.75, 3.05) is 13.2 Å². The number of fused-ring (bicyclic) bond motifs is 2. The summed E-state index contributed by atoms with van der Waals surface area (Å²) in [5, 5.41) is 20.6. The molecule has 0 radical (unpaired) electrons. The minimum Gasteiger partial charge on any atom is -0.609 e. The second-order valence-corrected chi connectivity index (χ2v) is 6.97. The third-order valence-electron chi connectivity index (χ3n) is 4.48. The smallest absolute Gasteiger partial charge is 0.609 e. The molecule has 1 spiro atoms. The minimum absolute atomic E-state index is 0. The zero-order valence-electron chi connectivity index (χ0n) is 17.9. The van der Waals surface area contributed by atoms with Crippen LogP contribution in [0.3, 0.4) is 0 Å². The Balaban J connectivity index is 0.00000289. The van der Waals surface area contributed by atoms with Gasteiger partial charge in [0.15, 0.2) is 23.0 Å². The first-order chi connectivity index (χ1) is 14.9. The molecule has 0 aliphatic carbocycles. The van der Waals surface area contributed by atoms with E-state index in [9.17, 15) is 19.8 Å². The van der Waals surface area contributed by atoms with Crippen LogP contribution in [0, 0.1) is 0 Å². The summed E-state index contributed by atoms with van der Waals surface area (Å²) in [6.45, 7) is 1.20. The zero-order chi connectivity index (χ0) is 22.2. The van der Waals surface area contributed by atoms with Crippen LogP contribution < -0.4 is 48.2 Å². The molecule has 0 aromatic heterocycles. The van der Waals surface area contributed by atoms with Crippen molar-refractivity contribution < 1.29 is 77.5 Å². The third-order valence-corrected chi connectivity index (χ3v) is 4.48. The fraction of sp³-hybridized carbons (Fsp3) is 0.300. The summed E-state index contributed by atoms with van der Waals surface area (Å²) < 4.78 is 32.5. The molecule has 164 valence electrons. The van der Waals surface area contributed by atoms with E-state index in [4.69, 9.17) is 28.1 Å². The summed E-state index contributed by atoms with van der Waals surface area (Å²) in [5.74, 6) is -2.23. The second-order valence-electron chi connectivity index (χ2n) is 6.97. The van der Waals surface area contributed by atoms with Crippen molar-refractivity contribution in [2.24, 2.45) is 0 Å². The van der Waals surface area contributed by atoms with Gasteiger partial charge in [0, 0.05) is 0 Å². The summed E-state index contributed by atoms with van der Waals surface area (Å²) in [5.41, 5.74) is 0.112. The molecule has 2 N–H and O–H groups in total. The van der Waals surface area contributed by atoms with Crippen LogP contribution in [0.15, 0.2) is 24.3 Å². The van der Waals surface area contributed by atoms with E-state index in [0.717, 1.165) is 0 Å². The van der Waals surface area contributed by atoms with Crippen LogP contribution in [-0.4, -0.2) is 42.3 Å². The molecule has 12 heteroatoms. The summed E-state index contributed by atoms with van der Waals surface area (Å²) in [6.07, 6.45) is 1.29. The van der Waals surface area contributed by atoms with Gasteiger partial charge in [0.2, 0.25) is 0 Å². The number of carbonyl (C=O) groups excluding carboxylic acids is 2. The minimum atomic E-state index is -2.97. The summed E-state index contributed by atoms with van der Waals surface area (Å²) in [7, 11) is 0. The van der Waals surface area contributed by atoms with E-state index in [0.29, 0.717) is 12.8 Å². The van der Waals surface area contributed by atoms with E-state index in [1.807, 2.05) is 13.8 Å². The number of rotatable bonds is 6. The molecule has 2 aromatic carbocycles. The number of benzene rings is 2. The molecule has 4 rings (SSSR count). The van der Waals surface area contributed by atoms with Crippen LogP contribution in [-0.2, 0) is 9.47 Å².